The summed E-state index contributed by atoms with van der Waals surface area (Å²) in [5.74, 6) is -1.20. The Balaban J connectivity index is 1.66. The van der Waals surface area contributed by atoms with Gasteiger partial charge in [-0.25, -0.2) is 4.79 Å². The van der Waals surface area contributed by atoms with Crippen molar-refractivity contribution >= 4 is 23.5 Å². The van der Waals surface area contributed by atoms with Gasteiger partial charge in [-0.15, -0.1) is 0 Å². The third-order valence-corrected chi connectivity index (χ3v) is 4.86. The van der Waals surface area contributed by atoms with E-state index in [9.17, 15) is 14.4 Å². The van der Waals surface area contributed by atoms with Gasteiger partial charge in [-0.2, -0.15) is 0 Å². The van der Waals surface area contributed by atoms with Gasteiger partial charge in [0.15, 0.2) is 0 Å². The Labute approximate surface area is 164 Å². The summed E-state index contributed by atoms with van der Waals surface area (Å²) in [7, 11) is 0. The van der Waals surface area contributed by atoms with E-state index in [4.69, 9.17) is 4.74 Å². The Morgan fingerprint density at radius 1 is 1.00 bits per heavy atom. The maximum Gasteiger partial charge on any atom is 0.340 e. The second-order valence-electron chi connectivity index (χ2n) is 6.97. The van der Waals surface area contributed by atoms with Crippen LogP contribution in [0.15, 0.2) is 48.5 Å². The average Bonchev–Trinajstić information content (AvgIpc) is 3.50. The van der Waals surface area contributed by atoms with Crippen molar-refractivity contribution < 1.29 is 19.1 Å². The van der Waals surface area contributed by atoms with Crippen molar-refractivity contribution in [1.82, 2.24) is 5.32 Å². The Hall–Kier alpha value is -3.15. The minimum absolute atomic E-state index is 0.243. The third kappa shape index (κ3) is 4.22. The summed E-state index contributed by atoms with van der Waals surface area (Å²) in [5.41, 5.74) is 1.67. The number of nitrogens with one attached hydrogen (secondary N) is 2. The Morgan fingerprint density at radius 2 is 1.68 bits per heavy atom. The molecule has 0 radical (unpaired) electrons. The van der Waals surface area contributed by atoms with Crippen LogP contribution in [-0.2, 0) is 20.9 Å². The highest BCUT2D eigenvalue weighted by molar-refractivity contribution is 6.14. The second kappa shape index (κ2) is 8.25. The van der Waals surface area contributed by atoms with Gasteiger partial charge in [0.25, 0.3) is 0 Å². The summed E-state index contributed by atoms with van der Waals surface area (Å²) in [6, 6.07) is 14.5. The van der Waals surface area contributed by atoms with Crippen LogP contribution in [0.3, 0.4) is 0 Å². The molecule has 3 rings (SSSR count). The van der Waals surface area contributed by atoms with E-state index in [-0.39, 0.29) is 18.1 Å². The molecule has 0 spiro atoms. The molecule has 146 valence electrons. The lowest BCUT2D eigenvalue weighted by Crippen LogP contribution is -2.39. The summed E-state index contributed by atoms with van der Waals surface area (Å²) >= 11 is 0. The molecule has 0 aromatic heterocycles. The number of carbonyl (C=O) groups is 3. The van der Waals surface area contributed by atoms with E-state index in [0.29, 0.717) is 25.1 Å². The molecule has 0 unspecified atom stereocenters. The normalized spacial score (nSPS) is 14.1. The molecule has 0 atom stereocenters. The predicted octanol–water partition coefficient (Wildman–Crippen LogP) is 3.21. The maximum absolute atomic E-state index is 12.8. The smallest absolute Gasteiger partial charge is 0.340 e. The molecule has 0 bridgehead atoms. The summed E-state index contributed by atoms with van der Waals surface area (Å²) < 4.78 is 5.03. The van der Waals surface area contributed by atoms with Crippen molar-refractivity contribution in [3.63, 3.8) is 0 Å². The number of rotatable bonds is 7. The number of esters is 1. The number of hydrogen-bond donors (Lipinski definition) is 2. The third-order valence-electron chi connectivity index (χ3n) is 4.86. The van der Waals surface area contributed by atoms with E-state index in [1.54, 1.807) is 31.2 Å². The fraction of sp³-hybridized carbons (Fsp3) is 0.318. The number of amides is 2. The number of aryl methyl sites for hydroxylation is 1. The molecule has 1 aliphatic carbocycles. The van der Waals surface area contributed by atoms with Crippen LogP contribution < -0.4 is 10.6 Å². The van der Waals surface area contributed by atoms with Gasteiger partial charge in [0.2, 0.25) is 11.8 Å². The molecule has 2 aromatic rings. The molecule has 1 saturated carbocycles. The van der Waals surface area contributed by atoms with E-state index in [1.165, 1.54) is 0 Å². The largest absolute Gasteiger partial charge is 0.462 e. The van der Waals surface area contributed by atoms with Crippen LogP contribution in [0.25, 0.3) is 0 Å². The van der Waals surface area contributed by atoms with Gasteiger partial charge in [0, 0.05) is 6.54 Å². The van der Waals surface area contributed by atoms with Gasteiger partial charge >= 0.3 is 5.97 Å². The predicted molar refractivity (Wildman–Crippen MR) is 106 cm³/mol. The van der Waals surface area contributed by atoms with Crippen molar-refractivity contribution in [2.45, 2.75) is 33.2 Å². The van der Waals surface area contributed by atoms with Crippen LogP contribution in [0.5, 0.6) is 0 Å². The van der Waals surface area contributed by atoms with Crippen LogP contribution in [0.2, 0.25) is 0 Å². The van der Waals surface area contributed by atoms with E-state index >= 15 is 0 Å². The quantitative estimate of drug-likeness (QED) is 0.571. The fourth-order valence-electron chi connectivity index (χ4n) is 2.96. The number of carbonyl (C=O) groups excluding carboxylic acids is 3. The number of benzene rings is 2. The van der Waals surface area contributed by atoms with Crippen molar-refractivity contribution in [2.24, 2.45) is 5.41 Å². The minimum Gasteiger partial charge on any atom is -0.462 e. The first-order valence-corrected chi connectivity index (χ1v) is 9.38. The standard InChI is InChI=1S/C22H24N2O4/c1-3-28-19(25)17-6-4-5-7-18(17)24-21(27)22(12-13-22)20(26)23-14-16-10-8-15(2)9-11-16/h4-11H,3,12-14H2,1-2H3,(H,23,26)(H,24,27). The zero-order valence-corrected chi connectivity index (χ0v) is 16.1. The van der Waals surface area contributed by atoms with Crippen LogP contribution in [0.1, 0.15) is 41.3 Å². The molecule has 2 N–H and O–H groups in total. The van der Waals surface area contributed by atoms with Gasteiger partial charge in [0.05, 0.1) is 17.9 Å². The van der Waals surface area contributed by atoms with Crippen molar-refractivity contribution in [3.05, 3.63) is 65.2 Å². The van der Waals surface area contributed by atoms with Gasteiger partial charge in [-0.3, -0.25) is 9.59 Å². The molecule has 1 aliphatic rings. The Kier molecular flexibility index (Phi) is 5.78. The topological polar surface area (TPSA) is 84.5 Å². The molecule has 2 amide bonds. The number of anilines is 1. The summed E-state index contributed by atoms with van der Waals surface area (Å²) in [6.07, 6.45) is 0.972. The first-order valence-electron chi connectivity index (χ1n) is 9.38. The van der Waals surface area contributed by atoms with Gasteiger partial charge < -0.3 is 15.4 Å². The highest BCUT2D eigenvalue weighted by atomic mass is 16.5. The van der Waals surface area contributed by atoms with Crippen molar-refractivity contribution in [2.75, 3.05) is 11.9 Å². The molecule has 2 aromatic carbocycles. The van der Waals surface area contributed by atoms with Crippen LogP contribution in [-0.4, -0.2) is 24.4 Å². The molecule has 6 nitrogen and oxygen atoms in total. The summed E-state index contributed by atoms with van der Waals surface area (Å²) in [5, 5.41) is 5.59. The highest BCUT2D eigenvalue weighted by Gasteiger charge is 2.56. The highest BCUT2D eigenvalue weighted by Crippen LogP contribution is 2.47. The monoisotopic (exact) mass is 380 g/mol. The molecule has 0 aliphatic heterocycles. The minimum atomic E-state index is -1.08. The number of para-hydroxylation sites is 1. The zero-order valence-electron chi connectivity index (χ0n) is 16.1. The zero-order chi connectivity index (χ0) is 20.1. The van der Waals surface area contributed by atoms with Crippen LogP contribution >= 0.6 is 0 Å². The molecule has 1 fully saturated rings. The molecular weight excluding hydrogens is 356 g/mol. The number of hydrogen-bond acceptors (Lipinski definition) is 4. The lowest BCUT2D eigenvalue weighted by molar-refractivity contribution is -0.134. The van der Waals surface area contributed by atoms with Crippen molar-refractivity contribution in [1.29, 1.82) is 0 Å². The number of ether oxygens (including phenoxy) is 1. The maximum atomic E-state index is 12.8. The average molecular weight is 380 g/mol. The Bertz CT molecular complexity index is 886. The van der Waals surface area contributed by atoms with E-state index in [1.807, 2.05) is 31.2 Å². The SMILES string of the molecule is CCOC(=O)c1ccccc1NC(=O)C1(C(=O)NCc2ccc(C)cc2)CC1. The fourth-order valence-corrected chi connectivity index (χ4v) is 2.96. The molecular formula is C22H24N2O4. The second-order valence-corrected chi connectivity index (χ2v) is 6.97. The first-order chi connectivity index (χ1) is 13.5. The van der Waals surface area contributed by atoms with E-state index in [0.717, 1.165) is 11.1 Å². The first kappa shape index (κ1) is 19.6. The summed E-state index contributed by atoms with van der Waals surface area (Å²) in [6.45, 7) is 4.33. The molecule has 6 heteroatoms. The molecule has 0 saturated heterocycles. The van der Waals surface area contributed by atoms with Gasteiger partial charge in [-0.1, -0.05) is 42.0 Å². The van der Waals surface area contributed by atoms with Crippen LogP contribution in [0.4, 0.5) is 5.69 Å². The lowest BCUT2D eigenvalue weighted by atomic mass is 10.0. The molecule has 0 heterocycles. The van der Waals surface area contributed by atoms with Gasteiger partial charge in [-0.05, 0) is 44.4 Å². The Morgan fingerprint density at radius 3 is 2.32 bits per heavy atom. The van der Waals surface area contributed by atoms with E-state index in [2.05, 4.69) is 10.6 Å². The van der Waals surface area contributed by atoms with Gasteiger partial charge in [0.1, 0.15) is 5.41 Å². The lowest BCUT2D eigenvalue weighted by Gasteiger charge is -2.17. The molecule has 28 heavy (non-hydrogen) atoms. The van der Waals surface area contributed by atoms with Crippen LogP contribution in [0, 0.1) is 12.3 Å². The van der Waals surface area contributed by atoms with Crippen molar-refractivity contribution in [3.8, 4) is 0 Å². The summed E-state index contributed by atoms with van der Waals surface area (Å²) in [4.78, 5) is 37.5. The van der Waals surface area contributed by atoms with E-state index < -0.39 is 17.3 Å².